The van der Waals surface area contributed by atoms with Crippen molar-refractivity contribution in [2.75, 3.05) is 17.2 Å². The molecule has 3 N–H and O–H groups in total. The van der Waals surface area contributed by atoms with Crippen LogP contribution in [0.15, 0.2) is 24.8 Å². The molecule has 186 valence electrons. The summed E-state index contributed by atoms with van der Waals surface area (Å²) in [5.74, 6) is 2.43. The van der Waals surface area contributed by atoms with E-state index < -0.39 is 6.23 Å². The molecule has 1 atom stereocenters. The fourth-order valence-electron chi connectivity index (χ4n) is 3.97. The van der Waals surface area contributed by atoms with E-state index in [4.69, 9.17) is 5.73 Å². The summed E-state index contributed by atoms with van der Waals surface area (Å²) in [6.07, 6.45) is 26.6. The van der Waals surface area contributed by atoms with Gasteiger partial charge in [-0.1, -0.05) is 76.9 Å². The lowest BCUT2D eigenvalue weighted by Gasteiger charge is -2.12. The second kappa shape index (κ2) is 17.8. The summed E-state index contributed by atoms with van der Waals surface area (Å²) in [6.45, 7) is 2.28. The van der Waals surface area contributed by atoms with Crippen LogP contribution in [0.3, 0.4) is 0 Å². The van der Waals surface area contributed by atoms with Crippen molar-refractivity contribution in [1.82, 2.24) is 19.5 Å². The number of fused-ring (bicyclic) bond motifs is 1. The first-order chi connectivity index (χ1) is 16.2. The van der Waals surface area contributed by atoms with Gasteiger partial charge in [0.15, 0.2) is 11.5 Å². The molecule has 2 aromatic rings. The first kappa shape index (κ1) is 27.6. The second-order valence-corrected chi connectivity index (χ2v) is 10.1. The average Bonchev–Trinajstić information content (AvgIpc) is 3.26. The highest BCUT2D eigenvalue weighted by Crippen LogP contribution is 2.21. The van der Waals surface area contributed by atoms with Gasteiger partial charge in [-0.2, -0.15) is 11.8 Å². The fraction of sp³-hybridized carbons (Fsp3) is 0.731. The minimum atomic E-state index is -0.628. The Kier molecular flexibility index (Phi) is 14.9. The lowest BCUT2D eigenvalue weighted by Crippen LogP contribution is -2.09. The van der Waals surface area contributed by atoms with Crippen LogP contribution in [0.4, 0.5) is 5.82 Å². The van der Waals surface area contributed by atoms with Crippen LogP contribution in [-0.2, 0) is 0 Å². The van der Waals surface area contributed by atoms with E-state index in [1.807, 2.05) is 11.8 Å². The third-order valence-electron chi connectivity index (χ3n) is 6.03. The Bertz CT molecular complexity index is 779. The van der Waals surface area contributed by atoms with E-state index in [1.165, 1.54) is 96.2 Å². The number of nitrogens with two attached hydrogens (primary N) is 1. The van der Waals surface area contributed by atoms with E-state index >= 15 is 0 Å². The lowest BCUT2D eigenvalue weighted by molar-refractivity contribution is 0.105. The summed E-state index contributed by atoms with van der Waals surface area (Å²) in [5.41, 5.74) is 6.95. The zero-order chi connectivity index (χ0) is 23.6. The largest absolute Gasteiger partial charge is 0.382 e. The normalized spacial score (nSPS) is 12.8. The third-order valence-corrected chi connectivity index (χ3v) is 7.13. The molecule has 33 heavy (non-hydrogen) atoms. The fourth-order valence-corrected chi connectivity index (χ4v) is 4.96. The predicted molar refractivity (Wildman–Crippen MR) is 142 cm³/mol. The van der Waals surface area contributed by atoms with Gasteiger partial charge in [-0.3, -0.25) is 4.57 Å². The smallest absolute Gasteiger partial charge is 0.167 e. The highest BCUT2D eigenvalue weighted by molar-refractivity contribution is 7.99. The SMILES string of the molecule is CCCCCCCCC=CCCCCCCCCSCCC(O)n1cnc2c(N)ncnc21. The quantitative estimate of drug-likeness (QED) is 0.157. The number of nitrogen functional groups attached to an aromatic ring is 1. The Morgan fingerprint density at radius 3 is 2.21 bits per heavy atom. The minimum absolute atomic E-state index is 0.347. The number of imidazole rings is 1. The summed E-state index contributed by atoms with van der Waals surface area (Å²) in [4.78, 5) is 12.3. The van der Waals surface area contributed by atoms with Crippen LogP contribution in [0.5, 0.6) is 0 Å². The highest BCUT2D eigenvalue weighted by Gasteiger charge is 2.13. The van der Waals surface area contributed by atoms with Crippen molar-refractivity contribution >= 4 is 28.7 Å². The van der Waals surface area contributed by atoms with Crippen molar-refractivity contribution in [2.45, 2.75) is 109 Å². The summed E-state index contributed by atoms with van der Waals surface area (Å²) in [7, 11) is 0. The molecular weight excluding hydrogens is 430 g/mol. The van der Waals surface area contributed by atoms with Crippen LogP contribution in [0.25, 0.3) is 11.2 Å². The maximum absolute atomic E-state index is 10.4. The van der Waals surface area contributed by atoms with Gasteiger partial charge < -0.3 is 10.8 Å². The number of aliphatic hydroxyl groups excluding tert-OH is 1. The molecule has 6 nitrogen and oxygen atoms in total. The summed E-state index contributed by atoms with van der Waals surface area (Å²) < 4.78 is 1.68. The monoisotopic (exact) mass is 475 g/mol. The zero-order valence-corrected chi connectivity index (χ0v) is 21.4. The van der Waals surface area contributed by atoms with Gasteiger partial charge in [0.1, 0.15) is 18.1 Å². The number of hydrogen-bond acceptors (Lipinski definition) is 6. The Hall–Kier alpha value is -1.60. The van der Waals surface area contributed by atoms with Crippen molar-refractivity contribution in [1.29, 1.82) is 0 Å². The number of hydrogen-bond donors (Lipinski definition) is 2. The topological polar surface area (TPSA) is 89.8 Å². The Morgan fingerprint density at radius 1 is 0.879 bits per heavy atom. The molecule has 7 heteroatoms. The summed E-state index contributed by atoms with van der Waals surface area (Å²) in [5, 5.41) is 10.4. The number of anilines is 1. The Labute approximate surface area is 204 Å². The van der Waals surface area contributed by atoms with Crippen molar-refractivity contribution in [2.24, 2.45) is 0 Å². The summed E-state index contributed by atoms with van der Waals surface area (Å²) in [6, 6.07) is 0. The third kappa shape index (κ3) is 11.4. The second-order valence-electron chi connectivity index (χ2n) is 8.90. The molecule has 0 aliphatic carbocycles. The van der Waals surface area contributed by atoms with Gasteiger partial charge in [-0.25, -0.2) is 15.0 Å². The van der Waals surface area contributed by atoms with Crippen LogP contribution in [0, 0.1) is 0 Å². The standard InChI is InChI=1S/C26H45N5OS/c1-2-3-4-5-6-7-8-9-10-11-12-13-14-15-16-17-19-33-20-18-23(32)31-22-30-24-25(27)28-21-29-26(24)31/h9-10,21-23,32H,2-8,11-20H2,1H3,(H2,27,28,29). The first-order valence-electron chi connectivity index (χ1n) is 13.1. The molecule has 0 spiro atoms. The maximum Gasteiger partial charge on any atom is 0.167 e. The van der Waals surface area contributed by atoms with Gasteiger partial charge in [-0.05, 0) is 43.6 Å². The summed E-state index contributed by atoms with van der Waals surface area (Å²) >= 11 is 1.91. The number of unbranched alkanes of at least 4 members (excludes halogenated alkanes) is 12. The van der Waals surface area contributed by atoms with Gasteiger partial charge in [0, 0.05) is 6.42 Å². The molecule has 1 unspecified atom stereocenters. The average molecular weight is 476 g/mol. The molecule has 0 saturated carbocycles. The molecule has 0 radical (unpaired) electrons. The van der Waals surface area contributed by atoms with E-state index in [0.717, 1.165) is 11.5 Å². The van der Waals surface area contributed by atoms with Gasteiger partial charge in [0.25, 0.3) is 0 Å². The van der Waals surface area contributed by atoms with E-state index in [0.29, 0.717) is 23.4 Å². The van der Waals surface area contributed by atoms with Gasteiger partial charge in [-0.15, -0.1) is 0 Å². The molecule has 0 fully saturated rings. The van der Waals surface area contributed by atoms with Gasteiger partial charge in [0.2, 0.25) is 0 Å². The van der Waals surface area contributed by atoms with E-state index in [1.54, 1.807) is 10.9 Å². The van der Waals surface area contributed by atoms with E-state index in [9.17, 15) is 5.11 Å². The number of aliphatic hydroxyl groups is 1. The molecule has 0 aliphatic heterocycles. The van der Waals surface area contributed by atoms with Gasteiger partial charge in [0.05, 0.1) is 6.33 Å². The Balaban J connectivity index is 1.37. The molecule has 2 aromatic heterocycles. The molecule has 0 saturated heterocycles. The molecule has 2 heterocycles. The number of thioether (sulfide) groups is 1. The highest BCUT2D eigenvalue weighted by atomic mass is 32.2. The zero-order valence-electron chi connectivity index (χ0n) is 20.6. The van der Waals surface area contributed by atoms with Crippen LogP contribution < -0.4 is 5.73 Å². The molecule has 0 aromatic carbocycles. The van der Waals surface area contributed by atoms with Crippen molar-refractivity contribution in [3.63, 3.8) is 0 Å². The minimum Gasteiger partial charge on any atom is -0.382 e. The molecule has 0 aliphatic rings. The van der Waals surface area contributed by atoms with Crippen LogP contribution in [-0.4, -0.2) is 36.1 Å². The van der Waals surface area contributed by atoms with E-state index in [-0.39, 0.29) is 0 Å². The number of rotatable bonds is 20. The number of nitrogens with zero attached hydrogens (tertiary/aromatic N) is 4. The molecule has 0 amide bonds. The van der Waals surface area contributed by atoms with Crippen LogP contribution in [0.2, 0.25) is 0 Å². The predicted octanol–water partition coefficient (Wildman–Crippen LogP) is 7.06. The van der Waals surface area contributed by atoms with Crippen molar-refractivity contribution < 1.29 is 5.11 Å². The van der Waals surface area contributed by atoms with Crippen LogP contribution >= 0.6 is 11.8 Å². The number of aromatic nitrogens is 4. The Morgan fingerprint density at radius 2 is 1.52 bits per heavy atom. The maximum atomic E-state index is 10.4. The number of allylic oxidation sites excluding steroid dienone is 2. The van der Waals surface area contributed by atoms with Gasteiger partial charge >= 0.3 is 0 Å². The lowest BCUT2D eigenvalue weighted by atomic mass is 10.1. The van der Waals surface area contributed by atoms with Crippen LogP contribution in [0.1, 0.15) is 109 Å². The van der Waals surface area contributed by atoms with Crippen molar-refractivity contribution in [3.8, 4) is 0 Å². The first-order valence-corrected chi connectivity index (χ1v) is 14.2. The molecule has 2 rings (SSSR count). The van der Waals surface area contributed by atoms with E-state index in [2.05, 4.69) is 34.0 Å². The van der Waals surface area contributed by atoms with Crippen molar-refractivity contribution in [3.05, 3.63) is 24.8 Å². The molecule has 0 bridgehead atoms. The molecular formula is C26H45N5OS.